The van der Waals surface area contributed by atoms with Crippen molar-refractivity contribution in [2.75, 3.05) is 31.1 Å². The number of hydrogen-bond donors (Lipinski definition) is 1. The van der Waals surface area contributed by atoms with E-state index in [4.69, 9.17) is 5.11 Å². The molecule has 2 rings (SSSR count). The standard InChI is InChI=1S/C11H15N3O2/c15-11(16)14-6-2-5-13(7-8-14)10-3-1-4-12-9-10/h1,3-4,9H,2,5-8H2,(H,15,16). The molecule has 0 atom stereocenters. The summed E-state index contributed by atoms with van der Waals surface area (Å²) in [6.07, 6.45) is 3.59. The first-order chi connectivity index (χ1) is 7.77. The number of pyridine rings is 1. The quantitative estimate of drug-likeness (QED) is 0.776. The van der Waals surface area contributed by atoms with E-state index in [2.05, 4.69) is 9.88 Å². The van der Waals surface area contributed by atoms with Gasteiger partial charge in [0.2, 0.25) is 0 Å². The van der Waals surface area contributed by atoms with Crippen molar-refractivity contribution in [2.45, 2.75) is 6.42 Å². The van der Waals surface area contributed by atoms with E-state index in [1.165, 1.54) is 4.90 Å². The monoisotopic (exact) mass is 221 g/mol. The summed E-state index contributed by atoms with van der Waals surface area (Å²) >= 11 is 0. The van der Waals surface area contributed by atoms with Gasteiger partial charge in [0.05, 0.1) is 11.9 Å². The second-order valence-corrected chi connectivity index (χ2v) is 3.82. The Morgan fingerprint density at radius 1 is 1.31 bits per heavy atom. The van der Waals surface area contributed by atoms with Crippen molar-refractivity contribution in [3.8, 4) is 0 Å². The van der Waals surface area contributed by atoms with E-state index < -0.39 is 6.09 Å². The molecule has 0 unspecified atom stereocenters. The Morgan fingerprint density at radius 2 is 2.19 bits per heavy atom. The maximum Gasteiger partial charge on any atom is 0.407 e. The summed E-state index contributed by atoms with van der Waals surface area (Å²) in [5.74, 6) is 0. The van der Waals surface area contributed by atoms with Crippen LogP contribution in [0.4, 0.5) is 10.5 Å². The fourth-order valence-electron chi connectivity index (χ4n) is 1.91. The molecular formula is C11H15N3O2. The minimum atomic E-state index is -0.826. The molecular weight excluding hydrogens is 206 g/mol. The van der Waals surface area contributed by atoms with Gasteiger partial charge >= 0.3 is 6.09 Å². The molecule has 1 saturated heterocycles. The maximum atomic E-state index is 10.8. The molecule has 0 saturated carbocycles. The Bertz CT molecular complexity index is 356. The summed E-state index contributed by atoms with van der Waals surface area (Å²) in [4.78, 5) is 18.6. The highest BCUT2D eigenvalue weighted by Gasteiger charge is 2.18. The minimum absolute atomic E-state index is 0.560. The summed E-state index contributed by atoms with van der Waals surface area (Å²) in [5.41, 5.74) is 1.06. The first-order valence-electron chi connectivity index (χ1n) is 5.40. The number of rotatable bonds is 1. The molecule has 2 heterocycles. The van der Waals surface area contributed by atoms with Gasteiger partial charge in [-0.15, -0.1) is 0 Å². The molecule has 0 radical (unpaired) electrons. The first-order valence-corrected chi connectivity index (χ1v) is 5.40. The Balaban J connectivity index is 2.02. The number of hydrogen-bond acceptors (Lipinski definition) is 3. The van der Waals surface area contributed by atoms with Gasteiger partial charge in [-0.1, -0.05) is 0 Å². The van der Waals surface area contributed by atoms with Gasteiger partial charge in [-0.25, -0.2) is 4.79 Å². The minimum Gasteiger partial charge on any atom is -0.465 e. The van der Waals surface area contributed by atoms with E-state index in [9.17, 15) is 4.79 Å². The Morgan fingerprint density at radius 3 is 2.88 bits per heavy atom. The van der Waals surface area contributed by atoms with Crippen LogP contribution in [-0.4, -0.2) is 47.3 Å². The lowest BCUT2D eigenvalue weighted by Gasteiger charge is -2.22. The molecule has 1 fully saturated rings. The van der Waals surface area contributed by atoms with E-state index in [1.807, 2.05) is 18.3 Å². The Labute approximate surface area is 94.3 Å². The van der Waals surface area contributed by atoms with Crippen LogP contribution >= 0.6 is 0 Å². The van der Waals surface area contributed by atoms with Crippen LogP contribution in [-0.2, 0) is 0 Å². The third-order valence-electron chi connectivity index (χ3n) is 2.78. The van der Waals surface area contributed by atoms with Crippen LogP contribution < -0.4 is 4.90 Å². The molecule has 5 heteroatoms. The van der Waals surface area contributed by atoms with Gasteiger partial charge in [0.15, 0.2) is 0 Å². The van der Waals surface area contributed by atoms with Crippen LogP contribution in [0, 0.1) is 0 Å². The average Bonchev–Trinajstić information content (AvgIpc) is 2.55. The van der Waals surface area contributed by atoms with Gasteiger partial charge in [-0.3, -0.25) is 4.98 Å². The molecule has 0 spiro atoms. The molecule has 0 aliphatic carbocycles. The smallest absolute Gasteiger partial charge is 0.407 e. The molecule has 16 heavy (non-hydrogen) atoms. The van der Waals surface area contributed by atoms with Crippen LogP contribution in [0.1, 0.15) is 6.42 Å². The molecule has 1 aromatic heterocycles. The Kier molecular flexibility index (Phi) is 3.24. The van der Waals surface area contributed by atoms with E-state index in [0.29, 0.717) is 13.1 Å². The van der Waals surface area contributed by atoms with Crippen molar-refractivity contribution in [1.82, 2.24) is 9.88 Å². The zero-order valence-electron chi connectivity index (χ0n) is 9.04. The maximum absolute atomic E-state index is 10.8. The highest BCUT2D eigenvalue weighted by molar-refractivity contribution is 5.65. The summed E-state index contributed by atoms with van der Waals surface area (Å²) in [7, 11) is 0. The summed E-state index contributed by atoms with van der Waals surface area (Å²) in [5, 5.41) is 8.92. The lowest BCUT2D eigenvalue weighted by atomic mass is 10.3. The molecule has 5 nitrogen and oxygen atoms in total. The number of anilines is 1. The third kappa shape index (κ3) is 2.42. The van der Waals surface area contributed by atoms with Crippen molar-refractivity contribution in [2.24, 2.45) is 0 Å². The number of amides is 1. The molecule has 86 valence electrons. The largest absolute Gasteiger partial charge is 0.465 e. The lowest BCUT2D eigenvalue weighted by Crippen LogP contribution is -2.34. The molecule has 1 aromatic rings. The predicted octanol–water partition coefficient (Wildman–Crippen LogP) is 1.27. The van der Waals surface area contributed by atoms with Crippen molar-refractivity contribution in [1.29, 1.82) is 0 Å². The van der Waals surface area contributed by atoms with Crippen LogP contribution in [0.25, 0.3) is 0 Å². The summed E-state index contributed by atoms with van der Waals surface area (Å²) < 4.78 is 0. The van der Waals surface area contributed by atoms with Crippen LogP contribution in [0.2, 0.25) is 0 Å². The second-order valence-electron chi connectivity index (χ2n) is 3.82. The highest BCUT2D eigenvalue weighted by atomic mass is 16.4. The van der Waals surface area contributed by atoms with Crippen LogP contribution in [0.3, 0.4) is 0 Å². The summed E-state index contributed by atoms with van der Waals surface area (Å²) in [6.45, 7) is 2.80. The third-order valence-corrected chi connectivity index (χ3v) is 2.78. The highest BCUT2D eigenvalue weighted by Crippen LogP contribution is 2.14. The fourth-order valence-corrected chi connectivity index (χ4v) is 1.91. The van der Waals surface area contributed by atoms with Crippen molar-refractivity contribution < 1.29 is 9.90 Å². The normalized spacial score (nSPS) is 17.0. The van der Waals surface area contributed by atoms with Gasteiger partial charge in [-0.2, -0.15) is 0 Å². The van der Waals surface area contributed by atoms with Crippen LogP contribution in [0.15, 0.2) is 24.5 Å². The van der Waals surface area contributed by atoms with Crippen molar-refractivity contribution in [3.63, 3.8) is 0 Å². The van der Waals surface area contributed by atoms with Crippen LogP contribution in [0.5, 0.6) is 0 Å². The molecule has 1 N–H and O–H groups in total. The first kappa shape index (κ1) is 10.7. The van der Waals surface area contributed by atoms with Gasteiger partial charge in [-0.05, 0) is 18.6 Å². The molecule has 0 aromatic carbocycles. The molecule has 1 amide bonds. The number of carboxylic acid groups (broad SMARTS) is 1. The number of aromatic nitrogens is 1. The average molecular weight is 221 g/mol. The van der Waals surface area contributed by atoms with Gasteiger partial charge in [0.25, 0.3) is 0 Å². The zero-order chi connectivity index (χ0) is 11.4. The fraction of sp³-hybridized carbons (Fsp3) is 0.455. The number of carbonyl (C=O) groups is 1. The van der Waals surface area contributed by atoms with Gasteiger partial charge < -0.3 is 14.9 Å². The van der Waals surface area contributed by atoms with Crippen molar-refractivity contribution >= 4 is 11.8 Å². The Hall–Kier alpha value is -1.78. The summed E-state index contributed by atoms with van der Waals surface area (Å²) in [6, 6.07) is 3.90. The van der Waals surface area contributed by atoms with E-state index >= 15 is 0 Å². The van der Waals surface area contributed by atoms with Gasteiger partial charge in [0.1, 0.15) is 0 Å². The lowest BCUT2D eigenvalue weighted by molar-refractivity contribution is 0.148. The van der Waals surface area contributed by atoms with E-state index in [0.717, 1.165) is 25.2 Å². The predicted molar refractivity (Wildman–Crippen MR) is 60.7 cm³/mol. The van der Waals surface area contributed by atoms with E-state index in [1.54, 1.807) is 6.20 Å². The zero-order valence-corrected chi connectivity index (χ0v) is 9.04. The van der Waals surface area contributed by atoms with Gasteiger partial charge in [0, 0.05) is 32.4 Å². The second kappa shape index (κ2) is 4.83. The number of nitrogens with zero attached hydrogens (tertiary/aromatic N) is 3. The topological polar surface area (TPSA) is 56.7 Å². The SMILES string of the molecule is O=C(O)N1CCCN(c2cccnc2)CC1. The molecule has 1 aliphatic heterocycles. The van der Waals surface area contributed by atoms with E-state index in [-0.39, 0.29) is 0 Å². The molecule has 1 aliphatic rings. The molecule has 0 bridgehead atoms. The van der Waals surface area contributed by atoms with Crippen molar-refractivity contribution in [3.05, 3.63) is 24.5 Å².